The summed E-state index contributed by atoms with van der Waals surface area (Å²) in [7, 11) is 1.72. The lowest BCUT2D eigenvalue weighted by Crippen LogP contribution is -2.45. The zero-order valence-electron chi connectivity index (χ0n) is 12.0. The number of nitrogens with one attached hydrogen (secondary N) is 2. The molecule has 118 valence electrons. The van der Waals surface area contributed by atoms with Crippen LogP contribution < -0.4 is 10.6 Å². The molecular formula is C13H20ClN3O4. The number of amides is 1. The number of morpholine rings is 1. The van der Waals surface area contributed by atoms with E-state index in [1.807, 2.05) is 0 Å². The SMILES string of the molecule is CCOC(=O)c1cc(NC(=O)C2CNCCO2)cn1C.Cl. The fraction of sp³-hybridized carbons (Fsp3) is 0.538. The summed E-state index contributed by atoms with van der Waals surface area (Å²) >= 11 is 0. The fourth-order valence-corrected chi connectivity index (χ4v) is 2.00. The van der Waals surface area contributed by atoms with Crippen LogP contribution in [0, 0.1) is 0 Å². The van der Waals surface area contributed by atoms with Gasteiger partial charge in [-0.15, -0.1) is 12.4 Å². The Labute approximate surface area is 129 Å². The standard InChI is InChI=1S/C13H19N3O4.ClH/c1-3-19-13(18)10-6-9(8-16(10)2)15-12(17)11-7-14-4-5-20-11;/h6,8,11,14H,3-5,7H2,1-2H3,(H,15,17);1H. The molecule has 1 saturated heterocycles. The average molecular weight is 318 g/mol. The molecule has 1 amide bonds. The van der Waals surface area contributed by atoms with Gasteiger partial charge in [0, 0.05) is 26.3 Å². The molecule has 1 fully saturated rings. The molecule has 1 atom stereocenters. The number of ether oxygens (including phenoxy) is 2. The van der Waals surface area contributed by atoms with Crippen molar-refractivity contribution in [3.8, 4) is 0 Å². The second-order valence-corrected chi connectivity index (χ2v) is 4.50. The molecule has 1 aromatic heterocycles. The summed E-state index contributed by atoms with van der Waals surface area (Å²) in [4.78, 5) is 23.7. The number of carbonyl (C=O) groups excluding carboxylic acids is 2. The highest BCUT2D eigenvalue weighted by Gasteiger charge is 2.22. The first kappa shape index (κ1) is 17.5. The first-order chi connectivity index (χ1) is 9.61. The molecule has 1 unspecified atom stereocenters. The monoisotopic (exact) mass is 317 g/mol. The van der Waals surface area contributed by atoms with Gasteiger partial charge in [0.1, 0.15) is 11.8 Å². The minimum Gasteiger partial charge on any atom is -0.461 e. The van der Waals surface area contributed by atoms with Crippen molar-refractivity contribution in [1.82, 2.24) is 9.88 Å². The van der Waals surface area contributed by atoms with Gasteiger partial charge >= 0.3 is 5.97 Å². The van der Waals surface area contributed by atoms with Gasteiger partial charge in [-0.05, 0) is 13.0 Å². The van der Waals surface area contributed by atoms with Gasteiger partial charge in [-0.25, -0.2) is 4.79 Å². The van der Waals surface area contributed by atoms with Gasteiger partial charge < -0.3 is 24.7 Å². The maximum absolute atomic E-state index is 12.0. The van der Waals surface area contributed by atoms with Crippen LogP contribution in [0.4, 0.5) is 5.69 Å². The molecule has 0 saturated carbocycles. The van der Waals surface area contributed by atoms with Crippen molar-refractivity contribution in [3.05, 3.63) is 18.0 Å². The molecule has 0 aromatic carbocycles. The lowest BCUT2D eigenvalue weighted by molar-refractivity contribution is -0.128. The predicted molar refractivity (Wildman–Crippen MR) is 79.9 cm³/mol. The van der Waals surface area contributed by atoms with Gasteiger partial charge in [-0.1, -0.05) is 0 Å². The summed E-state index contributed by atoms with van der Waals surface area (Å²) in [6, 6.07) is 1.59. The third kappa shape index (κ3) is 4.45. The summed E-state index contributed by atoms with van der Waals surface area (Å²) in [5, 5.41) is 5.83. The third-order valence-corrected chi connectivity index (χ3v) is 2.98. The Balaban J connectivity index is 0.00000220. The summed E-state index contributed by atoms with van der Waals surface area (Å²) < 4.78 is 11.9. The van der Waals surface area contributed by atoms with Crippen molar-refractivity contribution in [2.45, 2.75) is 13.0 Å². The molecule has 1 aliphatic rings. The molecule has 0 radical (unpaired) electrons. The van der Waals surface area contributed by atoms with Gasteiger partial charge in [-0.2, -0.15) is 0 Å². The molecule has 21 heavy (non-hydrogen) atoms. The van der Waals surface area contributed by atoms with E-state index in [-0.39, 0.29) is 18.3 Å². The molecule has 2 rings (SSSR count). The van der Waals surface area contributed by atoms with Crippen LogP contribution in [0.25, 0.3) is 0 Å². The number of rotatable bonds is 4. The molecule has 7 nitrogen and oxygen atoms in total. The number of aryl methyl sites for hydroxylation is 1. The third-order valence-electron chi connectivity index (χ3n) is 2.98. The van der Waals surface area contributed by atoms with Crippen LogP contribution in [-0.4, -0.2) is 48.9 Å². The minimum absolute atomic E-state index is 0. The molecule has 1 aliphatic heterocycles. The smallest absolute Gasteiger partial charge is 0.355 e. The highest BCUT2D eigenvalue weighted by molar-refractivity contribution is 5.96. The first-order valence-electron chi connectivity index (χ1n) is 6.58. The van der Waals surface area contributed by atoms with Crippen LogP contribution in [0.3, 0.4) is 0 Å². The molecule has 1 aromatic rings. The summed E-state index contributed by atoms with van der Waals surface area (Å²) in [6.07, 6.45) is 1.16. The molecule has 2 N–H and O–H groups in total. The highest BCUT2D eigenvalue weighted by atomic mass is 35.5. The minimum atomic E-state index is -0.505. The normalized spacial score (nSPS) is 17.7. The van der Waals surface area contributed by atoms with Crippen molar-refractivity contribution >= 4 is 30.0 Å². The number of nitrogens with zero attached hydrogens (tertiary/aromatic N) is 1. The average Bonchev–Trinajstić information content (AvgIpc) is 2.81. The zero-order chi connectivity index (χ0) is 14.5. The summed E-state index contributed by atoms with van der Waals surface area (Å²) in [5.41, 5.74) is 0.944. The highest BCUT2D eigenvalue weighted by Crippen LogP contribution is 2.14. The fourth-order valence-electron chi connectivity index (χ4n) is 2.00. The molecule has 0 bridgehead atoms. The summed E-state index contributed by atoms with van der Waals surface area (Å²) in [6.45, 7) is 3.82. The van der Waals surface area contributed by atoms with E-state index in [4.69, 9.17) is 9.47 Å². The van der Waals surface area contributed by atoms with E-state index in [1.54, 1.807) is 30.8 Å². The maximum Gasteiger partial charge on any atom is 0.355 e. The Morgan fingerprint density at radius 3 is 2.95 bits per heavy atom. The molecule has 0 spiro atoms. The Bertz CT molecular complexity index is 498. The second kappa shape index (κ2) is 8.02. The molecule has 8 heteroatoms. The Morgan fingerprint density at radius 2 is 2.33 bits per heavy atom. The number of hydrogen-bond donors (Lipinski definition) is 2. The van der Waals surface area contributed by atoms with Crippen molar-refractivity contribution in [2.75, 3.05) is 31.6 Å². The van der Waals surface area contributed by atoms with Crippen LogP contribution in [0.5, 0.6) is 0 Å². The van der Waals surface area contributed by atoms with E-state index in [9.17, 15) is 9.59 Å². The van der Waals surface area contributed by atoms with Crippen LogP contribution in [0.2, 0.25) is 0 Å². The van der Waals surface area contributed by atoms with Crippen LogP contribution in [-0.2, 0) is 21.3 Å². The Hall–Kier alpha value is -1.57. The Morgan fingerprint density at radius 1 is 1.57 bits per heavy atom. The van der Waals surface area contributed by atoms with Crippen molar-refractivity contribution in [2.24, 2.45) is 7.05 Å². The van der Waals surface area contributed by atoms with Gasteiger partial charge in [0.05, 0.1) is 18.9 Å². The van der Waals surface area contributed by atoms with Crippen molar-refractivity contribution in [3.63, 3.8) is 0 Å². The lowest BCUT2D eigenvalue weighted by atomic mass is 10.3. The van der Waals surface area contributed by atoms with E-state index in [0.717, 1.165) is 6.54 Å². The van der Waals surface area contributed by atoms with Crippen LogP contribution in [0.1, 0.15) is 17.4 Å². The van der Waals surface area contributed by atoms with Gasteiger partial charge in [-0.3, -0.25) is 4.79 Å². The van der Waals surface area contributed by atoms with E-state index >= 15 is 0 Å². The number of esters is 1. The topological polar surface area (TPSA) is 81.6 Å². The summed E-state index contributed by atoms with van der Waals surface area (Å²) in [5.74, 6) is -0.635. The number of carbonyl (C=O) groups is 2. The van der Waals surface area contributed by atoms with E-state index in [0.29, 0.717) is 31.1 Å². The van der Waals surface area contributed by atoms with Gasteiger partial charge in [0.15, 0.2) is 0 Å². The van der Waals surface area contributed by atoms with E-state index in [2.05, 4.69) is 10.6 Å². The number of halogens is 1. The lowest BCUT2D eigenvalue weighted by Gasteiger charge is -2.22. The van der Waals surface area contributed by atoms with Crippen molar-refractivity contribution in [1.29, 1.82) is 0 Å². The quantitative estimate of drug-likeness (QED) is 0.793. The number of aromatic nitrogens is 1. The number of hydrogen-bond acceptors (Lipinski definition) is 5. The van der Waals surface area contributed by atoms with E-state index in [1.165, 1.54) is 0 Å². The van der Waals surface area contributed by atoms with Crippen LogP contribution in [0.15, 0.2) is 12.3 Å². The largest absolute Gasteiger partial charge is 0.461 e. The predicted octanol–water partition coefficient (Wildman–Crippen LogP) is 0.550. The van der Waals surface area contributed by atoms with Crippen molar-refractivity contribution < 1.29 is 19.1 Å². The zero-order valence-corrected chi connectivity index (χ0v) is 12.9. The first-order valence-corrected chi connectivity index (χ1v) is 6.58. The molecule has 0 aliphatic carbocycles. The van der Waals surface area contributed by atoms with Gasteiger partial charge in [0.25, 0.3) is 5.91 Å². The van der Waals surface area contributed by atoms with E-state index < -0.39 is 12.1 Å². The second-order valence-electron chi connectivity index (χ2n) is 4.50. The number of anilines is 1. The Kier molecular flexibility index (Phi) is 6.67. The molecule has 2 heterocycles. The molecular weight excluding hydrogens is 298 g/mol. The van der Waals surface area contributed by atoms with Gasteiger partial charge in [0.2, 0.25) is 0 Å². The van der Waals surface area contributed by atoms with Crippen LogP contribution >= 0.6 is 12.4 Å². The maximum atomic E-state index is 12.0.